The third-order valence-corrected chi connectivity index (χ3v) is 3.09. The van der Waals surface area contributed by atoms with Crippen molar-refractivity contribution in [3.63, 3.8) is 0 Å². The molecule has 0 bridgehead atoms. The Morgan fingerprint density at radius 2 is 2.15 bits per heavy atom. The molecule has 0 spiro atoms. The van der Waals surface area contributed by atoms with Gasteiger partial charge in [0, 0.05) is 25.4 Å². The zero-order chi connectivity index (χ0) is 14.3. The highest BCUT2D eigenvalue weighted by molar-refractivity contribution is 6.07. The Balaban J connectivity index is 2.11. The van der Waals surface area contributed by atoms with E-state index >= 15 is 0 Å². The number of hydrogen-bond acceptors (Lipinski definition) is 4. The highest BCUT2D eigenvalue weighted by Crippen LogP contribution is 2.23. The smallest absolute Gasteiger partial charge is 0.352 e. The van der Waals surface area contributed by atoms with Gasteiger partial charge in [0.2, 0.25) is 5.91 Å². The third kappa shape index (κ3) is 1.78. The lowest BCUT2D eigenvalue weighted by Gasteiger charge is -2.26. The monoisotopic (exact) mass is 274 g/mol. The number of pyridine rings is 1. The molecule has 3 rings (SSSR count). The first kappa shape index (κ1) is 12.2. The maximum absolute atomic E-state index is 11.8. The fourth-order valence-electron chi connectivity index (χ4n) is 2.18. The molecule has 2 aromatic rings. The average molecular weight is 274 g/mol. The first-order chi connectivity index (χ1) is 9.58. The molecule has 8 heteroatoms. The molecule has 3 amide bonds. The van der Waals surface area contributed by atoms with Crippen molar-refractivity contribution in [1.29, 1.82) is 0 Å². The van der Waals surface area contributed by atoms with Gasteiger partial charge < -0.3 is 5.11 Å². The summed E-state index contributed by atoms with van der Waals surface area (Å²) < 4.78 is 1.39. The summed E-state index contributed by atoms with van der Waals surface area (Å²) >= 11 is 0. The number of carboxylic acid groups (broad SMARTS) is 1. The fourth-order valence-corrected chi connectivity index (χ4v) is 2.18. The van der Waals surface area contributed by atoms with Gasteiger partial charge in [0.05, 0.1) is 5.69 Å². The summed E-state index contributed by atoms with van der Waals surface area (Å²) in [7, 11) is 0. The SMILES string of the molecule is O=C1CCN(c2ccc(C(=O)O)n3ccnc23)C(=O)N1. The maximum atomic E-state index is 11.8. The molecule has 1 aliphatic heterocycles. The van der Waals surface area contributed by atoms with Gasteiger partial charge in [-0.3, -0.25) is 19.4 Å². The summed E-state index contributed by atoms with van der Waals surface area (Å²) in [5, 5.41) is 11.3. The molecule has 0 saturated carbocycles. The van der Waals surface area contributed by atoms with Crippen molar-refractivity contribution in [2.75, 3.05) is 11.4 Å². The van der Waals surface area contributed by atoms with E-state index in [0.29, 0.717) is 11.3 Å². The minimum atomic E-state index is -1.09. The number of carbonyl (C=O) groups excluding carboxylic acids is 2. The van der Waals surface area contributed by atoms with Crippen molar-refractivity contribution >= 4 is 29.2 Å². The van der Waals surface area contributed by atoms with E-state index in [2.05, 4.69) is 10.3 Å². The van der Waals surface area contributed by atoms with Crippen LogP contribution < -0.4 is 10.2 Å². The summed E-state index contributed by atoms with van der Waals surface area (Å²) in [5.74, 6) is -1.41. The summed E-state index contributed by atoms with van der Waals surface area (Å²) in [4.78, 5) is 39.6. The molecule has 0 radical (unpaired) electrons. The lowest BCUT2D eigenvalue weighted by molar-refractivity contribution is -0.120. The van der Waals surface area contributed by atoms with Gasteiger partial charge in [0.25, 0.3) is 0 Å². The van der Waals surface area contributed by atoms with Crippen molar-refractivity contribution in [3.05, 3.63) is 30.2 Å². The standard InChI is InChI=1S/C12H10N4O4/c17-9-3-5-16(12(20)14-9)7-1-2-8(11(18)19)15-6-4-13-10(7)15/h1-2,4,6H,3,5H2,(H,18,19)(H,14,17,20). The van der Waals surface area contributed by atoms with Crippen molar-refractivity contribution in [2.24, 2.45) is 0 Å². The van der Waals surface area contributed by atoms with Crippen LogP contribution in [0.15, 0.2) is 24.5 Å². The summed E-state index contributed by atoms with van der Waals surface area (Å²) in [5.41, 5.74) is 0.870. The molecule has 1 saturated heterocycles. The molecule has 1 fully saturated rings. The quantitative estimate of drug-likeness (QED) is 0.828. The zero-order valence-electron chi connectivity index (χ0n) is 10.2. The first-order valence-electron chi connectivity index (χ1n) is 5.88. The number of nitrogens with zero attached hydrogens (tertiary/aromatic N) is 3. The number of hydrogen-bond donors (Lipinski definition) is 2. The normalized spacial score (nSPS) is 15.5. The molecule has 0 aromatic carbocycles. The van der Waals surface area contributed by atoms with Crippen LogP contribution in [-0.4, -0.2) is 38.9 Å². The molecule has 102 valence electrons. The Hall–Kier alpha value is -2.90. The van der Waals surface area contributed by atoms with Crippen LogP contribution in [0.3, 0.4) is 0 Å². The number of amides is 3. The molecular formula is C12H10N4O4. The van der Waals surface area contributed by atoms with Crippen LogP contribution in [0, 0.1) is 0 Å². The Morgan fingerprint density at radius 3 is 2.85 bits per heavy atom. The molecule has 0 atom stereocenters. The van der Waals surface area contributed by atoms with E-state index in [4.69, 9.17) is 5.11 Å². The van der Waals surface area contributed by atoms with Gasteiger partial charge in [-0.1, -0.05) is 0 Å². The van der Waals surface area contributed by atoms with Gasteiger partial charge >= 0.3 is 12.0 Å². The molecule has 0 unspecified atom stereocenters. The van der Waals surface area contributed by atoms with Crippen LogP contribution in [0.1, 0.15) is 16.9 Å². The minimum absolute atomic E-state index is 0.0507. The van der Waals surface area contributed by atoms with E-state index in [1.807, 2.05) is 0 Å². The van der Waals surface area contributed by atoms with Gasteiger partial charge in [0.1, 0.15) is 5.69 Å². The van der Waals surface area contributed by atoms with E-state index in [1.165, 1.54) is 33.8 Å². The van der Waals surface area contributed by atoms with E-state index in [1.54, 1.807) is 0 Å². The number of urea groups is 1. The molecule has 8 nitrogen and oxygen atoms in total. The van der Waals surface area contributed by atoms with Crippen LogP contribution in [-0.2, 0) is 4.79 Å². The summed E-state index contributed by atoms with van der Waals surface area (Å²) in [6, 6.07) is 2.38. The number of fused-ring (bicyclic) bond motifs is 1. The molecule has 2 N–H and O–H groups in total. The van der Waals surface area contributed by atoms with Crippen LogP contribution in [0.5, 0.6) is 0 Å². The topological polar surface area (TPSA) is 104 Å². The minimum Gasteiger partial charge on any atom is -0.477 e. The van der Waals surface area contributed by atoms with Gasteiger partial charge in [0.15, 0.2) is 5.65 Å². The number of rotatable bonds is 2. The fraction of sp³-hybridized carbons (Fsp3) is 0.167. The van der Waals surface area contributed by atoms with Crippen molar-refractivity contribution in [1.82, 2.24) is 14.7 Å². The molecular weight excluding hydrogens is 264 g/mol. The Morgan fingerprint density at radius 1 is 1.35 bits per heavy atom. The lowest BCUT2D eigenvalue weighted by atomic mass is 10.2. The van der Waals surface area contributed by atoms with E-state index in [0.717, 1.165) is 0 Å². The van der Waals surface area contributed by atoms with Crippen molar-refractivity contribution in [2.45, 2.75) is 6.42 Å². The number of nitrogens with one attached hydrogen (secondary N) is 1. The lowest BCUT2D eigenvalue weighted by Crippen LogP contribution is -2.49. The van der Waals surface area contributed by atoms with Crippen molar-refractivity contribution in [3.8, 4) is 0 Å². The largest absolute Gasteiger partial charge is 0.477 e. The van der Waals surface area contributed by atoms with Crippen LogP contribution >= 0.6 is 0 Å². The zero-order valence-corrected chi connectivity index (χ0v) is 10.2. The maximum Gasteiger partial charge on any atom is 0.352 e. The second kappa shape index (κ2) is 4.34. The highest BCUT2D eigenvalue weighted by atomic mass is 16.4. The van der Waals surface area contributed by atoms with Gasteiger partial charge in [-0.05, 0) is 12.1 Å². The van der Waals surface area contributed by atoms with E-state index in [9.17, 15) is 14.4 Å². The second-order valence-corrected chi connectivity index (χ2v) is 4.28. The summed E-state index contributed by atoms with van der Waals surface area (Å²) in [6.45, 7) is 0.236. The first-order valence-corrected chi connectivity index (χ1v) is 5.88. The molecule has 1 aliphatic rings. The average Bonchev–Trinajstić information content (AvgIpc) is 2.87. The van der Waals surface area contributed by atoms with Crippen LogP contribution in [0.2, 0.25) is 0 Å². The molecule has 2 aromatic heterocycles. The summed E-state index contributed by atoms with van der Waals surface area (Å²) in [6.07, 6.45) is 3.16. The molecule has 20 heavy (non-hydrogen) atoms. The Bertz CT molecular complexity index is 736. The van der Waals surface area contributed by atoms with E-state index < -0.39 is 12.0 Å². The van der Waals surface area contributed by atoms with Gasteiger partial charge in [-0.25, -0.2) is 14.6 Å². The van der Waals surface area contributed by atoms with Crippen molar-refractivity contribution < 1.29 is 19.5 Å². The highest BCUT2D eigenvalue weighted by Gasteiger charge is 2.26. The van der Waals surface area contributed by atoms with Crippen LogP contribution in [0.4, 0.5) is 10.5 Å². The number of aromatic carboxylic acids is 1. The van der Waals surface area contributed by atoms with Gasteiger partial charge in [-0.2, -0.15) is 0 Å². The number of carbonyl (C=O) groups is 3. The Labute approximate surface area is 112 Å². The number of aromatic nitrogens is 2. The number of anilines is 1. The van der Waals surface area contributed by atoms with Gasteiger partial charge in [-0.15, -0.1) is 0 Å². The number of imidazole rings is 1. The third-order valence-electron chi connectivity index (χ3n) is 3.09. The molecule has 0 aliphatic carbocycles. The number of imide groups is 1. The predicted molar refractivity (Wildman–Crippen MR) is 67.7 cm³/mol. The van der Waals surface area contributed by atoms with E-state index in [-0.39, 0.29) is 24.6 Å². The Kier molecular flexibility index (Phi) is 2.63. The number of carboxylic acids is 1. The molecule has 3 heterocycles. The van der Waals surface area contributed by atoms with Crippen LogP contribution in [0.25, 0.3) is 5.65 Å². The second-order valence-electron chi connectivity index (χ2n) is 4.28. The predicted octanol–water partition coefficient (Wildman–Crippen LogP) is 0.479.